The van der Waals surface area contributed by atoms with Crippen molar-refractivity contribution in [2.24, 2.45) is 0 Å². The minimum atomic E-state index is 0.791. The summed E-state index contributed by atoms with van der Waals surface area (Å²) in [6.45, 7) is 6.63. The number of nitrogens with zero attached hydrogens (tertiary/aromatic N) is 7. The first-order valence-electron chi connectivity index (χ1n) is 8.79. The van der Waals surface area contributed by atoms with Gasteiger partial charge in [-0.1, -0.05) is 10.3 Å². The van der Waals surface area contributed by atoms with Crippen LogP contribution in [0.15, 0.2) is 29.2 Å². The van der Waals surface area contributed by atoms with Crippen LogP contribution in [0.3, 0.4) is 0 Å². The molecule has 1 aromatic carbocycles. The van der Waals surface area contributed by atoms with E-state index < -0.39 is 0 Å². The van der Waals surface area contributed by atoms with Gasteiger partial charge < -0.3 is 9.80 Å². The summed E-state index contributed by atoms with van der Waals surface area (Å²) in [5, 5.41) is 8.93. The molecule has 0 bridgehead atoms. The van der Waals surface area contributed by atoms with Gasteiger partial charge >= 0.3 is 0 Å². The third-order valence-electron chi connectivity index (χ3n) is 4.88. The number of hydrogen-bond donors (Lipinski definition) is 0. The topological polar surface area (TPSA) is 74.4 Å². The number of aryl methyl sites for hydroxylation is 1. The molecule has 0 aliphatic carbocycles. The average Bonchev–Trinajstić information content (AvgIpc) is 3.06. The van der Waals surface area contributed by atoms with Crippen LogP contribution >= 0.6 is 0 Å². The maximum absolute atomic E-state index is 4.80. The fraction of sp³-hybridized carbons (Fsp3) is 0.444. The smallest absolute Gasteiger partial charge is 0.139 e. The Balaban J connectivity index is 1.49. The number of piperazine rings is 1. The molecule has 1 saturated heterocycles. The Bertz CT molecular complexity index is 899. The summed E-state index contributed by atoms with van der Waals surface area (Å²) in [5.74, 6) is 0.949. The summed E-state index contributed by atoms with van der Waals surface area (Å²) < 4.78 is 4.80. The standard InChI is InChI=1S/C18H23N7O/c1-13-17(22-26-21-13)11-24-6-8-25(9-7-24)14-4-5-16-15(10-14)18(23(2)3)20-12-19-16/h4-5,10,12H,6-9,11H2,1-3H3. The minimum absolute atomic E-state index is 0.791. The van der Waals surface area contributed by atoms with Crippen LogP contribution in [0.2, 0.25) is 0 Å². The highest BCUT2D eigenvalue weighted by Gasteiger charge is 2.20. The maximum Gasteiger partial charge on any atom is 0.139 e. The second kappa shape index (κ2) is 6.87. The molecule has 4 rings (SSSR count). The number of benzene rings is 1. The number of anilines is 2. The Morgan fingerprint density at radius 1 is 1.08 bits per heavy atom. The van der Waals surface area contributed by atoms with Crippen molar-refractivity contribution in [2.45, 2.75) is 13.5 Å². The van der Waals surface area contributed by atoms with E-state index in [0.717, 1.165) is 60.8 Å². The molecule has 0 N–H and O–H groups in total. The molecule has 1 aliphatic heterocycles. The van der Waals surface area contributed by atoms with Gasteiger partial charge in [0, 0.05) is 57.9 Å². The first-order chi connectivity index (χ1) is 12.6. The summed E-state index contributed by atoms with van der Waals surface area (Å²) in [4.78, 5) is 15.6. The zero-order chi connectivity index (χ0) is 18.1. The van der Waals surface area contributed by atoms with Gasteiger partial charge in [-0.25, -0.2) is 14.6 Å². The van der Waals surface area contributed by atoms with Crippen molar-refractivity contribution in [1.82, 2.24) is 25.2 Å². The monoisotopic (exact) mass is 353 g/mol. The van der Waals surface area contributed by atoms with Crippen LogP contribution in [-0.4, -0.2) is 65.5 Å². The number of aromatic nitrogens is 4. The fourth-order valence-corrected chi connectivity index (χ4v) is 3.35. The van der Waals surface area contributed by atoms with Gasteiger partial charge in [-0.05, 0) is 25.1 Å². The second-order valence-corrected chi connectivity index (χ2v) is 6.85. The predicted molar refractivity (Wildman–Crippen MR) is 100 cm³/mol. The molecule has 8 nitrogen and oxygen atoms in total. The normalized spacial score (nSPS) is 15.6. The van der Waals surface area contributed by atoms with Crippen LogP contribution in [0, 0.1) is 6.92 Å². The predicted octanol–water partition coefficient (Wildman–Crippen LogP) is 1.71. The van der Waals surface area contributed by atoms with Crippen molar-refractivity contribution in [3.05, 3.63) is 35.9 Å². The summed E-state index contributed by atoms with van der Waals surface area (Å²) in [5.41, 5.74) is 3.99. The van der Waals surface area contributed by atoms with Crippen molar-refractivity contribution in [3.8, 4) is 0 Å². The van der Waals surface area contributed by atoms with E-state index in [1.54, 1.807) is 6.33 Å². The lowest BCUT2D eigenvalue weighted by Gasteiger charge is -2.35. The Morgan fingerprint density at radius 3 is 2.58 bits per heavy atom. The number of rotatable bonds is 4. The van der Waals surface area contributed by atoms with Crippen LogP contribution in [0.4, 0.5) is 11.5 Å². The van der Waals surface area contributed by atoms with Gasteiger partial charge in [0.15, 0.2) is 0 Å². The van der Waals surface area contributed by atoms with Crippen molar-refractivity contribution < 1.29 is 4.63 Å². The summed E-state index contributed by atoms with van der Waals surface area (Å²) in [6, 6.07) is 6.43. The first-order valence-corrected chi connectivity index (χ1v) is 8.79. The summed E-state index contributed by atoms with van der Waals surface area (Å²) >= 11 is 0. The highest BCUT2D eigenvalue weighted by molar-refractivity contribution is 5.91. The molecule has 136 valence electrons. The highest BCUT2D eigenvalue weighted by Crippen LogP contribution is 2.27. The molecule has 26 heavy (non-hydrogen) atoms. The van der Waals surface area contributed by atoms with Crippen molar-refractivity contribution in [2.75, 3.05) is 50.1 Å². The lowest BCUT2D eigenvalue weighted by Crippen LogP contribution is -2.46. The molecule has 3 heterocycles. The summed E-state index contributed by atoms with van der Waals surface area (Å²) in [7, 11) is 4.02. The average molecular weight is 353 g/mol. The molecule has 1 fully saturated rings. The van der Waals surface area contributed by atoms with Gasteiger partial charge in [-0.3, -0.25) is 4.90 Å². The molecule has 2 aromatic heterocycles. The molecule has 0 atom stereocenters. The van der Waals surface area contributed by atoms with Crippen molar-refractivity contribution in [3.63, 3.8) is 0 Å². The van der Waals surface area contributed by atoms with E-state index in [-0.39, 0.29) is 0 Å². The van der Waals surface area contributed by atoms with Crippen molar-refractivity contribution in [1.29, 1.82) is 0 Å². The summed E-state index contributed by atoms with van der Waals surface area (Å²) in [6.07, 6.45) is 1.62. The van der Waals surface area contributed by atoms with Crippen LogP contribution in [0.25, 0.3) is 10.9 Å². The van der Waals surface area contributed by atoms with Crippen LogP contribution in [0.5, 0.6) is 0 Å². The van der Waals surface area contributed by atoms with Crippen molar-refractivity contribution >= 4 is 22.4 Å². The highest BCUT2D eigenvalue weighted by atomic mass is 16.6. The molecule has 0 saturated carbocycles. The second-order valence-electron chi connectivity index (χ2n) is 6.85. The van der Waals surface area contributed by atoms with Gasteiger partial charge in [0.2, 0.25) is 0 Å². The zero-order valence-corrected chi connectivity index (χ0v) is 15.4. The van der Waals surface area contributed by atoms with E-state index in [1.807, 2.05) is 25.9 Å². The van der Waals surface area contributed by atoms with Crippen LogP contribution in [-0.2, 0) is 6.54 Å². The Morgan fingerprint density at radius 2 is 1.88 bits per heavy atom. The zero-order valence-electron chi connectivity index (χ0n) is 15.4. The number of hydrogen-bond acceptors (Lipinski definition) is 8. The Labute approximate surface area is 152 Å². The Hall–Kier alpha value is -2.74. The Kier molecular flexibility index (Phi) is 4.42. The first kappa shape index (κ1) is 16.7. The van der Waals surface area contributed by atoms with Gasteiger partial charge in [-0.15, -0.1) is 0 Å². The number of fused-ring (bicyclic) bond motifs is 1. The van der Waals surface area contributed by atoms with Gasteiger partial charge in [0.25, 0.3) is 0 Å². The van der Waals surface area contributed by atoms with E-state index >= 15 is 0 Å². The van der Waals surface area contributed by atoms with E-state index in [0.29, 0.717) is 0 Å². The lowest BCUT2D eigenvalue weighted by atomic mass is 10.1. The molecular weight excluding hydrogens is 330 g/mol. The third kappa shape index (κ3) is 3.20. The molecule has 1 aliphatic rings. The van der Waals surface area contributed by atoms with Gasteiger partial charge in [0.1, 0.15) is 23.5 Å². The van der Waals surface area contributed by atoms with Crippen LogP contribution < -0.4 is 9.80 Å². The minimum Gasteiger partial charge on any atom is -0.369 e. The molecule has 3 aromatic rings. The van der Waals surface area contributed by atoms with Gasteiger partial charge in [-0.2, -0.15) is 0 Å². The molecule has 0 amide bonds. The van der Waals surface area contributed by atoms with E-state index in [2.05, 4.69) is 48.3 Å². The lowest BCUT2D eigenvalue weighted by molar-refractivity contribution is 0.237. The molecule has 8 heteroatoms. The SMILES string of the molecule is Cc1nonc1CN1CCN(c2ccc3ncnc(N(C)C)c3c2)CC1. The molecular formula is C18H23N7O. The molecule has 0 radical (unpaired) electrons. The molecule has 0 spiro atoms. The molecule has 0 unspecified atom stereocenters. The quantitative estimate of drug-likeness (QED) is 0.702. The van der Waals surface area contributed by atoms with E-state index in [4.69, 9.17) is 4.63 Å². The fourth-order valence-electron chi connectivity index (χ4n) is 3.35. The largest absolute Gasteiger partial charge is 0.369 e. The maximum atomic E-state index is 4.80. The third-order valence-corrected chi connectivity index (χ3v) is 4.88. The van der Waals surface area contributed by atoms with Gasteiger partial charge in [0.05, 0.1) is 5.52 Å². The van der Waals surface area contributed by atoms with E-state index in [9.17, 15) is 0 Å². The van der Waals surface area contributed by atoms with E-state index in [1.165, 1.54) is 5.69 Å². The van der Waals surface area contributed by atoms with Crippen LogP contribution in [0.1, 0.15) is 11.4 Å².